The van der Waals surface area contributed by atoms with Crippen LogP contribution in [-0.2, 0) is 4.79 Å². The molecule has 0 rings (SSSR count). The van der Waals surface area contributed by atoms with Gasteiger partial charge in [0.2, 0.25) is 5.91 Å². The van der Waals surface area contributed by atoms with E-state index in [1.165, 1.54) is 5.57 Å². The molecule has 3 nitrogen and oxygen atoms in total. The average molecular weight is 198 g/mol. The molecule has 0 aromatic rings. The van der Waals surface area contributed by atoms with Crippen LogP contribution in [0.3, 0.4) is 0 Å². The standard InChI is InChI=1S/C11H22N2O/c1-5-12-8-10(4)11(14)13-7-6-9(2)3/h6,10,12H,5,7-8H2,1-4H3,(H,13,14). The van der Waals surface area contributed by atoms with Gasteiger partial charge in [0.15, 0.2) is 0 Å². The van der Waals surface area contributed by atoms with Crippen molar-refractivity contribution in [2.24, 2.45) is 5.92 Å². The van der Waals surface area contributed by atoms with E-state index in [4.69, 9.17) is 0 Å². The molecule has 14 heavy (non-hydrogen) atoms. The topological polar surface area (TPSA) is 41.1 Å². The fraction of sp³-hybridized carbons (Fsp3) is 0.727. The first-order valence-electron chi connectivity index (χ1n) is 5.19. The lowest BCUT2D eigenvalue weighted by Crippen LogP contribution is -2.35. The molecule has 0 aliphatic carbocycles. The van der Waals surface area contributed by atoms with Gasteiger partial charge in [0.05, 0.1) is 0 Å². The molecule has 0 heterocycles. The lowest BCUT2D eigenvalue weighted by atomic mass is 10.1. The Morgan fingerprint density at radius 2 is 2.07 bits per heavy atom. The van der Waals surface area contributed by atoms with Crippen molar-refractivity contribution in [2.75, 3.05) is 19.6 Å². The van der Waals surface area contributed by atoms with Crippen LogP contribution in [0.2, 0.25) is 0 Å². The van der Waals surface area contributed by atoms with E-state index in [0.29, 0.717) is 6.54 Å². The Morgan fingerprint density at radius 1 is 1.43 bits per heavy atom. The first-order valence-corrected chi connectivity index (χ1v) is 5.19. The molecule has 0 aromatic heterocycles. The quantitative estimate of drug-likeness (QED) is 0.632. The Kier molecular flexibility index (Phi) is 7.11. The van der Waals surface area contributed by atoms with Crippen LogP contribution in [0.25, 0.3) is 0 Å². The van der Waals surface area contributed by atoms with Crippen LogP contribution < -0.4 is 10.6 Å². The Balaban J connectivity index is 3.67. The van der Waals surface area contributed by atoms with E-state index in [2.05, 4.69) is 10.6 Å². The molecule has 0 bridgehead atoms. The lowest BCUT2D eigenvalue weighted by Gasteiger charge is -2.11. The summed E-state index contributed by atoms with van der Waals surface area (Å²) in [6.07, 6.45) is 2.01. The van der Waals surface area contributed by atoms with E-state index < -0.39 is 0 Å². The summed E-state index contributed by atoms with van der Waals surface area (Å²) in [5.74, 6) is 0.156. The third-order valence-corrected chi connectivity index (χ3v) is 1.93. The van der Waals surface area contributed by atoms with Crippen LogP contribution in [0, 0.1) is 5.92 Å². The number of rotatable bonds is 6. The normalized spacial score (nSPS) is 12.0. The molecule has 0 saturated carbocycles. The van der Waals surface area contributed by atoms with Gasteiger partial charge in [-0.15, -0.1) is 0 Å². The van der Waals surface area contributed by atoms with E-state index in [1.54, 1.807) is 0 Å². The molecule has 1 unspecified atom stereocenters. The summed E-state index contributed by atoms with van der Waals surface area (Å²) in [5, 5.41) is 6.02. The zero-order chi connectivity index (χ0) is 11.0. The molecular formula is C11H22N2O. The number of nitrogens with one attached hydrogen (secondary N) is 2. The van der Waals surface area contributed by atoms with Gasteiger partial charge in [0.1, 0.15) is 0 Å². The highest BCUT2D eigenvalue weighted by molar-refractivity contribution is 5.78. The van der Waals surface area contributed by atoms with Gasteiger partial charge in [-0.1, -0.05) is 25.5 Å². The largest absolute Gasteiger partial charge is 0.352 e. The van der Waals surface area contributed by atoms with Crippen LogP contribution in [0.4, 0.5) is 0 Å². The lowest BCUT2D eigenvalue weighted by molar-refractivity contribution is -0.124. The Bertz CT molecular complexity index is 195. The second kappa shape index (κ2) is 7.56. The first kappa shape index (κ1) is 13.2. The van der Waals surface area contributed by atoms with Crippen molar-refractivity contribution in [3.05, 3.63) is 11.6 Å². The Labute approximate surface area is 87.0 Å². The van der Waals surface area contributed by atoms with Crippen molar-refractivity contribution in [1.29, 1.82) is 0 Å². The molecule has 0 spiro atoms. The zero-order valence-electron chi connectivity index (χ0n) is 9.68. The molecule has 0 aliphatic rings. The summed E-state index contributed by atoms with van der Waals surface area (Å²) >= 11 is 0. The summed E-state index contributed by atoms with van der Waals surface area (Å²) in [6, 6.07) is 0. The highest BCUT2D eigenvalue weighted by Gasteiger charge is 2.10. The van der Waals surface area contributed by atoms with Gasteiger partial charge in [-0.3, -0.25) is 4.79 Å². The van der Waals surface area contributed by atoms with E-state index in [-0.39, 0.29) is 11.8 Å². The molecule has 0 fully saturated rings. The summed E-state index contributed by atoms with van der Waals surface area (Å²) < 4.78 is 0. The van der Waals surface area contributed by atoms with Gasteiger partial charge < -0.3 is 10.6 Å². The predicted octanol–water partition coefficient (Wildman–Crippen LogP) is 1.31. The van der Waals surface area contributed by atoms with Gasteiger partial charge in [-0.2, -0.15) is 0 Å². The number of allylic oxidation sites excluding steroid dienone is 1. The third-order valence-electron chi connectivity index (χ3n) is 1.93. The van der Waals surface area contributed by atoms with Crippen LogP contribution in [-0.4, -0.2) is 25.5 Å². The van der Waals surface area contributed by atoms with Crippen LogP contribution in [0.1, 0.15) is 27.7 Å². The van der Waals surface area contributed by atoms with E-state index >= 15 is 0 Å². The SMILES string of the molecule is CCNCC(C)C(=O)NCC=C(C)C. The highest BCUT2D eigenvalue weighted by atomic mass is 16.1. The smallest absolute Gasteiger partial charge is 0.224 e. The molecule has 0 radical (unpaired) electrons. The molecule has 1 atom stereocenters. The number of hydrogen-bond acceptors (Lipinski definition) is 2. The van der Waals surface area contributed by atoms with Crippen molar-refractivity contribution in [3.63, 3.8) is 0 Å². The minimum atomic E-state index is 0.0421. The van der Waals surface area contributed by atoms with Crippen LogP contribution in [0.15, 0.2) is 11.6 Å². The second-order valence-corrected chi connectivity index (χ2v) is 3.74. The number of carbonyl (C=O) groups is 1. The van der Waals surface area contributed by atoms with Gasteiger partial charge in [-0.05, 0) is 20.4 Å². The van der Waals surface area contributed by atoms with Gasteiger partial charge in [0, 0.05) is 19.0 Å². The zero-order valence-corrected chi connectivity index (χ0v) is 9.68. The highest BCUT2D eigenvalue weighted by Crippen LogP contribution is 1.92. The maximum absolute atomic E-state index is 11.5. The average Bonchev–Trinajstić information content (AvgIpc) is 2.13. The van der Waals surface area contributed by atoms with E-state index in [0.717, 1.165) is 13.1 Å². The van der Waals surface area contributed by atoms with Crippen molar-refractivity contribution >= 4 is 5.91 Å². The molecular weight excluding hydrogens is 176 g/mol. The van der Waals surface area contributed by atoms with Gasteiger partial charge in [0.25, 0.3) is 0 Å². The maximum Gasteiger partial charge on any atom is 0.224 e. The first-order chi connectivity index (χ1) is 6.57. The minimum absolute atomic E-state index is 0.0421. The van der Waals surface area contributed by atoms with Crippen molar-refractivity contribution < 1.29 is 4.79 Å². The van der Waals surface area contributed by atoms with Gasteiger partial charge >= 0.3 is 0 Å². The molecule has 82 valence electrons. The number of carbonyl (C=O) groups excluding carboxylic acids is 1. The summed E-state index contributed by atoms with van der Waals surface area (Å²) in [4.78, 5) is 11.5. The Hall–Kier alpha value is -0.830. The summed E-state index contributed by atoms with van der Waals surface area (Å²) in [7, 11) is 0. The van der Waals surface area contributed by atoms with Crippen LogP contribution >= 0.6 is 0 Å². The Morgan fingerprint density at radius 3 is 2.57 bits per heavy atom. The maximum atomic E-state index is 11.5. The molecule has 1 amide bonds. The predicted molar refractivity (Wildman–Crippen MR) is 60.1 cm³/mol. The molecule has 3 heteroatoms. The van der Waals surface area contributed by atoms with Crippen LogP contribution in [0.5, 0.6) is 0 Å². The summed E-state index contributed by atoms with van der Waals surface area (Å²) in [5.41, 5.74) is 1.23. The third kappa shape index (κ3) is 6.66. The number of hydrogen-bond donors (Lipinski definition) is 2. The fourth-order valence-corrected chi connectivity index (χ4v) is 0.984. The van der Waals surface area contributed by atoms with Crippen molar-refractivity contribution in [2.45, 2.75) is 27.7 Å². The van der Waals surface area contributed by atoms with Crippen molar-refractivity contribution in [3.8, 4) is 0 Å². The molecule has 0 saturated heterocycles. The molecule has 0 aromatic carbocycles. The minimum Gasteiger partial charge on any atom is -0.352 e. The number of amides is 1. The van der Waals surface area contributed by atoms with Gasteiger partial charge in [-0.25, -0.2) is 0 Å². The van der Waals surface area contributed by atoms with Crippen molar-refractivity contribution in [1.82, 2.24) is 10.6 Å². The molecule has 2 N–H and O–H groups in total. The monoisotopic (exact) mass is 198 g/mol. The van der Waals surface area contributed by atoms with E-state index in [9.17, 15) is 4.79 Å². The second-order valence-electron chi connectivity index (χ2n) is 3.74. The molecule has 0 aliphatic heterocycles. The fourth-order valence-electron chi connectivity index (χ4n) is 0.984. The van der Waals surface area contributed by atoms with E-state index in [1.807, 2.05) is 33.8 Å². The summed E-state index contributed by atoms with van der Waals surface area (Å²) in [6.45, 7) is 10.3.